The van der Waals surface area contributed by atoms with Crippen molar-refractivity contribution in [2.24, 2.45) is 11.8 Å². The zero-order chi connectivity index (χ0) is 52.7. The molecule has 400 valence electrons. The smallest absolute Gasteiger partial charge is 0.548 e. The van der Waals surface area contributed by atoms with Crippen LogP contribution in [0.15, 0.2) is 133 Å². The van der Waals surface area contributed by atoms with Crippen molar-refractivity contribution in [2.75, 3.05) is 79.3 Å². The molecule has 77 heavy (non-hydrogen) atoms. The molecule has 4 saturated heterocycles. The third-order valence-corrected chi connectivity index (χ3v) is 14.9. The molecule has 6 aromatic rings. The number of rotatable bonds is 22. The Kier molecular flexibility index (Phi) is 21.4. The summed E-state index contributed by atoms with van der Waals surface area (Å²) in [5.74, 6) is 1.59. The number of hydrogen-bond acceptors (Lipinski definition) is 14. The molecular formula is C60H60CaCl2O14. The van der Waals surface area contributed by atoms with Crippen LogP contribution in [0.5, 0.6) is 23.0 Å². The van der Waals surface area contributed by atoms with Crippen molar-refractivity contribution in [3.63, 3.8) is 0 Å². The van der Waals surface area contributed by atoms with Gasteiger partial charge in [0.05, 0.1) is 74.8 Å². The van der Waals surface area contributed by atoms with E-state index >= 15 is 0 Å². The minimum atomic E-state index is -1.26. The van der Waals surface area contributed by atoms with Crippen LogP contribution in [0.3, 0.4) is 0 Å². The summed E-state index contributed by atoms with van der Waals surface area (Å²) in [5.41, 5.74) is 5.74. The topological polar surface area (TPSA) is 173 Å². The molecule has 0 aliphatic carbocycles. The van der Waals surface area contributed by atoms with Gasteiger partial charge in [0.15, 0.2) is 0 Å². The third kappa shape index (κ3) is 15.7. The number of carbonyl (C=O) groups is 2. The summed E-state index contributed by atoms with van der Waals surface area (Å²) in [6, 6.07) is 42.5. The summed E-state index contributed by atoms with van der Waals surface area (Å²) in [5, 5.41) is 22.9. The van der Waals surface area contributed by atoms with E-state index < -0.39 is 36.4 Å². The first-order chi connectivity index (χ1) is 37.0. The number of ether oxygens (including phenoxy) is 10. The fraction of sp³-hybridized carbons (Fsp3) is 0.367. The summed E-state index contributed by atoms with van der Waals surface area (Å²) >= 11 is 13.6. The summed E-state index contributed by atoms with van der Waals surface area (Å²) < 4.78 is 56.4. The molecular weight excluding hydrogens is 1060 g/mol. The monoisotopic (exact) mass is 1110 g/mol. The van der Waals surface area contributed by atoms with Crippen LogP contribution >= 0.6 is 23.2 Å². The first-order valence-corrected chi connectivity index (χ1v) is 26.3. The van der Waals surface area contributed by atoms with Crippen LogP contribution in [0, 0.1) is 11.8 Å². The second-order valence-corrected chi connectivity index (χ2v) is 20.0. The van der Waals surface area contributed by atoms with Crippen LogP contribution in [0.1, 0.15) is 47.9 Å². The first kappa shape index (κ1) is 58.2. The molecule has 4 fully saturated rings. The average molecular weight is 1120 g/mol. The number of carbonyl (C=O) groups excluding carboxylic acids is 2. The predicted octanol–water partition coefficient (Wildman–Crippen LogP) is 8.39. The summed E-state index contributed by atoms with van der Waals surface area (Å²) in [4.78, 5) is 21.6. The van der Waals surface area contributed by atoms with Crippen molar-refractivity contribution in [1.29, 1.82) is 0 Å². The van der Waals surface area contributed by atoms with E-state index in [2.05, 4.69) is 0 Å². The quantitative estimate of drug-likeness (QED) is 0.0594. The standard InChI is InChI=1S/2C30H31ClO7.Ca/c2*31-29-23(17-37-26-10-6-24(7-11-26)30(19-35-20-30)38-18-28(32)33)2-1-3-27(29)22-4-8-25(9-5-22)36-16-21-12-14-34-15-13-21;/h2*1-11,21H,12-20H2,(H,32,33);/q;;+2/p-2. The minimum absolute atomic E-state index is 0. The van der Waals surface area contributed by atoms with Gasteiger partial charge in [0.25, 0.3) is 0 Å². The minimum Gasteiger partial charge on any atom is -0.548 e. The van der Waals surface area contributed by atoms with Crippen LogP contribution in [-0.4, -0.2) is 129 Å². The molecule has 0 N–H and O–H groups in total. The number of benzene rings is 6. The Bertz CT molecular complexity index is 2630. The third-order valence-electron chi connectivity index (χ3n) is 14.0. The van der Waals surface area contributed by atoms with Gasteiger partial charge in [-0.3, -0.25) is 0 Å². The van der Waals surface area contributed by atoms with Crippen molar-refractivity contribution in [3.8, 4) is 45.3 Å². The van der Waals surface area contributed by atoms with Crippen LogP contribution in [0.4, 0.5) is 0 Å². The van der Waals surface area contributed by atoms with Crippen molar-refractivity contribution in [1.82, 2.24) is 0 Å². The summed E-state index contributed by atoms with van der Waals surface area (Å²) in [6.07, 6.45) is 4.17. The molecule has 0 spiro atoms. The maximum absolute atomic E-state index is 10.8. The summed E-state index contributed by atoms with van der Waals surface area (Å²) in [7, 11) is 0. The Hall–Kier alpha value is -4.94. The Labute approximate surface area is 488 Å². The van der Waals surface area contributed by atoms with Gasteiger partial charge in [0.2, 0.25) is 0 Å². The Morgan fingerprint density at radius 1 is 0.468 bits per heavy atom. The van der Waals surface area contributed by atoms with Gasteiger partial charge < -0.3 is 67.2 Å². The predicted molar refractivity (Wildman–Crippen MR) is 286 cm³/mol. The molecule has 0 amide bonds. The molecule has 6 aromatic carbocycles. The maximum Gasteiger partial charge on any atom is 2.00 e. The second-order valence-electron chi connectivity index (χ2n) is 19.3. The van der Waals surface area contributed by atoms with E-state index in [0.29, 0.717) is 86.2 Å². The number of carboxylic acid groups (broad SMARTS) is 2. The van der Waals surface area contributed by atoms with E-state index in [1.807, 2.05) is 133 Å². The normalized spacial score (nSPS) is 16.8. The first-order valence-electron chi connectivity index (χ1n) is 25.5. The van der Waals surface area contributed by atoms with Gasteiger partial charge in [-0.2, -0.15) is 0 Å². The number of halogens is 2. The van der Waals surface area contributed by atoms with Gasteiger partial charge in [-0.05, 0) is 108 Å². The van der Waals surface area contributed by atoms with Gasteiger partial charge in [0, 0.05) is 48.7 Å². The molecule has 0 radical (unpaired) electrons. The van der Waals surface area contributed by atoms with Crippen molar-refractivity contribution < 1.29 is 67.2 Å². The molecule has 17 heteroatoms. The van der Waals surface area contributed by atoms with E-state index in [1.54, 1.807) is 0 Å². The Balaban J connectivity index is 0.000000201. The largest absolute Gasteiger partial charge is 2.00 e. The van der Waals surface area contributed by atoms with Crippen LogP contribution in [0.2, 0.25) is 10.0 Å². The number of carboxylic acids is 2. The molecule has 0 saturated carbocycles. The van der Waals surface area contributed by atoms with Gasteiger partial charge in [-0.1, -0.05) is 108 Å². The number of aliphatic carboxylic acids is 2. The molecule has 10 rings (SSSR count). The molecule has 4 aliphatic rings. The van der Waals surface area contributed by atoms with Crippen LogP contribution < -0.4 is 29.2 Å². The van der Waals surface area contributed by atoms with Gasteiger partial charge in [-0.25, -0.2) is 0 Å². The number of hydrogen-bond donors (Lipinski definition) is 0. The second kappa shape index (κ2) is 28.3. The van der Waals surface area contributed by atoms with E-state index in [1.165, 1.54) is 0 Å². The molecule has 0 aromatic heterocycles. The molecule has 0 bridgehead atoms. The van der Waals surface area contributed by atoms with Crippen LogP contribution in [0.25, 0.3) is 22.3 Å². The van der Waals surface area contributed by atoms with E-state index in [-0.39, 0.29) is 37.7 Å². The molecule has 0 unspecified atom stereocenters. The van der Waals surface area contributed by atoms with E-state index in [0.717, 1.165) is 108 Å². The average Bonchev–Trinajstić information content (AvgIpc) is 3.43. The fourth-order valence-corrected chi connectivity index (χ4v) is 9.79. The van der Waals surface area contributed by atoms with Gasteiger partial charge >= 0.3 is 37.7 Å². The van der Waals surface area contributed by atoms with Gasteiger partial charge in [-0.15, -0.1) is 0 Å². The van der Waals surface area contributed by atoms with Crippen molar-refractivity contribution >= 4 is 72.9 Å². The molecule has 14 nitrogen and oxygen atoms in total. The van der Waals surface area contributed by atoms with E-state index in [4.69, 9.17) is 70.6 Å². The van der Waals surface area contributed by atoms with Gasteiger partial charge in [0.1, 0.15) is 47.4 Å². The van der Waals surface area contributed by atoms with Crippen molar-refractivity contribution in [2.45, 2.75) is 50.1 Å². The SMILES string of the molecule is O=C([O-])COC1(c2ccc(OCc3cccc(-c4ccc(OCC5CCOCC5)cc4)c3Cl)cc2)COC1.O=C([O-])COC1(c2ccc(OCc3cccc(-c4ccc(OCC5CCOCC5)cc4)c3Cl)cc2)COC1.[Ca+2]. The Morgan fingerprint density at radius 3 is 1.13 bits per heavy atom. The zero-order valence-electron chi connectivity index (χ0n) is 42.8. The molecule has 4 heterocycles. The molecule has 0 atom stereocenters. The maximum atomic E-state index is 10.8. The van der Waals surface area contributed by atoms with Crippen LogP contribution in [-0.2, 0) is 62.4 Å². The van der Waals surface area contributed by atoms with E-state index in [9.17, 15) is 19.8 Å². The molecule has 4 aliphatic heterocycles. The summed E-state index contributed by atoms with van der Waals surface area (Å²) in [6.45, 7) is 5.49. The Morgan fingerprint density at radius 2 is 0.805 bits per heavy atom. The fourth-order valence-electron chi connectivity index (χ4n) is 9.21. The van der Waals surface area contributed by atoms with Crippen molar-refractivity contribution in [3.05, 3.63) is 166 Å². The zero-order valence-corrected chi connectivity index (χ0v) is 46.5.